The normalized spacial score (nSPS) is 11.4. The third kappa shape index (κ3) is 6.40. The summed E-state index contributed by atoms with van der Waals surface area (Å²) in [6, 6.07) is 14.8. The maximum Gasteiger partial charge on any atom is 1.00 e. The number of aliphatic hydroxyl groups is 1. The van der Waals surface area contributed by atoms with Gasteiger partial charge in [0.25, 0.3) is 0 Å². The molecule has 0 heterocycles. The predicted molar refractivity (Wildman–Crippen MR) is 84.1 cm³/mol. The van der Waals surface area contributed by atoms with Crippen LogP contribution in [-0.2, 0) is 11.4 Å². The zero-order valence-corrected chi connectivity index (χ0v) is 14.5. The summed E-state index contributed by atoms with van der Waals surface area (Å²) < 4.78 is 6.68. The maximum atomic E-state index is 10.4. The number of carbonyl (C=O) groups is 1. The average Bonchev–Trinajstić information content (AvgIpc) is 2.52. The molecule has 0 aromatic heterocycles. The molecule has 0 radical (unpaired) electrons. The first-order valence-electron chi connectivity index (χ1n) is 6.90. The number of benzene rings is 2. The molecule has 0 aliphatic carbocycles. The number of rotatable bonds is 7. The van der Waals surface area contributed by atoms with Gasteiger partial charge in [-0.15, -0.1) is 0 Å². The second-order valence-corrected chi connectivity index (χ2v) is 5.73. The van der Waals surface area contributed by atoms with Crippen molar-refractivity contribution in [2.24, 2.45) is 0 Å². The third-order valence-electron chi connectivity index (χ3n) is 3.24. The van der Waals surface area contributed by atoms with Crippen LogP contribution in [0.3, 0.4) is 0 Å². The fourth-order valence-electron chi connectivity index (χ4n) is 1.98. The molecule has 116 valence electrons. The molecule has 23 heavy (non-hydrogen) atoms. The van der Waals surface area contributed by atoms with Crippen molar-refractivity contribution in [3.05, 3.63) is 64.1 Å². The number of carboxylic acids is 1. The van der Waals surface area contributed by atoms with E-state index < -0.39 is 12.1 Å². The molecule has 0 fully saturated rings. The van der Waals surface area contributed by atoms with Crippen molar-refractivity contribution < 1.29 is 38.6 Å². The van der Waals surface area contributed by atoms with E-state index in [1.165, 1.54) is 0 Å². The Morgan fingerprint density at radius 3 is 2.43 bits per heavy atom. The Hall–Kier alpha value is -1.25. The number of carbonyl (C=O) groups excluding carboxylic acids is 1. The molecule has 0 bridgehead atoms. The number of carboxylic acid groups (broad SMARTS) is 1. The van der Waals surface area contributed by atoms with E-state index in [4.69, 9.17) is 4.74 Å². The molecular formula is C17H16BrLiO4. The first-order chi connectivity index (χ1) is 10.6. The summed E-state index contributed by atoms with van der Waals surface area (Å²) in [6.07, 6.45) is -0.837. The van der Waals surface area contributed by atoms with Gasteiger partial charge in [-0.2, -0.15) is 0 Å². The molecule has 0 saturated heterocycles. The molecule has 4 nitrogen and oxygen atoms in total. The van der Waals surface area contributed by atoms with Crippen molar-refractivity contribution in [1.29, 1.82) is 0 Å². The average molecular weight is 371 g/mol. The van der Waals surface area contributed by atoms with Crippen LogP contribution in [0.5, 0.6) is 5.75 Å². The van der Waals surface area contributed by atoms with Gasteiger partial charge in [-0.05, 0) is 36.6 Å². The van der Waals surface area contributed by atoms with E-state index >= 15 is 0 Å². The second kappa shape index (κ2) is 9.79. The molecule has 0 saturated carbocycles. The number of aliphatic carboxylic acids is 1. The molecule has 1 atom stereocenters. The van der Waals surface area contributed by atoms with Crippen molar-refractivity contribution in [2.75, 3.05) is 0 Å². The molecule has 2 aromatic rings. The second-order valence-electron chi connectivity index (χ2n) is 4.88. The minimum absolute atomic E-state index is 0. The summed E-state index contributed by atoms with van der Waals surface area (Å²) >= 11 is 3.46. The molecule has 2 aromatic carbocycles. The van der Waals surface area contributed by atoms with Gasteiger partial charge < -0.3 is 19.7 Å². The minimum Gasteiger partial charge on any atom is -0.550 e. The fraction of sp³-hybridized carbons (Fsp3) is 0.235. The van der Waals surface area contributed by atoms with Crippen molar-refractivity contribution >= 4 is 21.9 Å². The molecule has 1 unspecified atom stereocenters. The van der Waals surface area contributed by atoms with Gasteiger partial charge >= 0.3 is 18.9 Å². The quantitative estimate of drug-likeness (QED) is 0.673. The summed E-state index contributed by atoms with van der Waals surface area (Å²) in [5.41, 5.74) is 1.70. The number of ether oxygens (including phenoxy) is 1. The summed E-state index contributed by atoms with van der Waals surface area (Å²) in [5, 5.41) is 20.3. The summed E-state index contributed by atoms with van der Waals surface area (Å²) in [6.45, 7) is 0.438. The van der Waals surface area contributed by atoms with Crippen LogP contribution in [-0.4, -0.2) is 11.1 Å². The molecule has 1 N–H and O–H groups in total. The molecule has 6 heteroatoms. The first-order valence-corrected chi connectivity index (χ1v) is 7.69. The van der Waals surface area contributed by atoms with Gasteiger partial charge in [-0.1, -0.05) is 46.3 Å². The van der Waals surface area contributed by atoms with Crippen molar-refractivity contribution in [2.45, 2.75) is 25.6 Å². The fourth-order valence-corrected chi connectivity index (χ4v) is 2.38. The van der Waals surface area contributed by atoms with Gasteiger partial charge in [-0.3, -0.25) is 0 Å². The van der Waals surface area contributed by atoms with Gasteiger partial charge in [0.05, 0.1) is 6.10 Å². The number of hydrogen-bond donors (Lipinski definition) is 1. The topological polar surface area (TPSA) is 69.6 Å². The molecular weight excluding hydrogens is 355 g/mol. The van der Waals surface area contributed by atoms with Crippen LogP contribution >= 0.6 is 15.9 Å². The van der Waals surface area contributed by atoms with Crippen LogP contribution in [0.25, 0.3) is 0 Å². The smallest absolute Gasteiger partial charge is 0.550 e. The van der Waals surface area contributed by atoms with Crippen LogP contribution in [0.15, 0.2) is 53.0 Å². The van der Waals surface area contributed by atoms with E-state index in [2.05, 4.69) is 15.9 Å². The zero-order valence-electron chi connectivity index (χ0n) is 12.9. The van der Waals surface area contributed by atoms with Crippen LogP contribution in [0.1, 0.15) is 30.1 Å². The zero-order chi connectivity index (χ0) is 15.9. The van der Waals surface area contributed by atoms with Crippen molar-refractivity contribution in [3.63, 3.8) is 0 Å². The SMILES string of the molecule is O=C([O-])CCC(O)c1ccc(OCc2ccccc2Br)cc1.[Li+]. The van der Waals surface area contributed by atoms with E-state index in [9.17, 15) is 15.0 Å². The Balaban J connectivity index is 0.00000264. The first kappa shape index (κ1) is 19.8. The van der Waals surface area contributed by atoms with Crippen LogP contribution in [0.4, 0.5) is 0 Å². The monoisotopic (exact) mass is 370 g/mol. The van der Waals surface area contributed by atoms with E-state index in [1.807, 2.05) is 24.3 Å². The van der Waals surface area contributed by atoms with Gasteiger partial charge in [0.1, 0.15) is 12.4 Å². The van der Waals surface area contributed by atoms with Crippen LogP contribution in [0, 0.1) is 0 Å². The Labute approximate surface area is 155 Å². The van der Waals surface area contributed by atoms with Crippen LogP contribution in [0.2, 0.25) is 0 Å². The maximum absolute atomic E-state index is 10.4. The third-order valence-corrected chi connectivity index (χ3v) is 4.01. The molecule has 2 rings (SSSR count). The Morgan fingerprint density at radius 1 is 1.17 bits per heavy atom. The van der Waals surface area contributed by atoms with Gasteiger partial charge in [-0.25, -0.2) is 0 Å². The summed E-state index contributed by atoms with van der Waals surface area (Å²) in [4.78, 5) is 10.4. The Morgan fingerprint density at radius 2 is 1.83 bits per heavy atom. The van der Waals surface area contributed by atoms with E-state index in [1.54, 1.807) is 24.3 Å². The van der Waals surface area contributed by atoms with Crippen molar-refractivity contribution in [1.82, 2.24) is 0 Å². The molecule has 0 amide bonds. The Bertz CT molecular complexity index is 631. The van der Waals surface area contributed by atoms with E-state index in [0.717, 1.165) is 10.0 Å². The number of aliphatic hydroxyl groups excluding tert-OH is 1. The largest absolute Gasteiger partial charge is 1.00 e. The summed E-state index contributed by atoms with van der Waals surface area (Å²) in [7, 11) is 0. The molecule has 0 aliphatic rings. The Kier molecular flexibility index (Phi) is 8.43. The van der Waals surface area contributed by atoms with Gasteiger partial charge in [0.2, 0.25) is 0 Å². The van der Waals surface area contributed by atoms with Gasteiger partial charge in [0, 0.05) is 16.0 Å². The minimum atomic E-state index is -1.16. The van der Waals surface area contributed by atoms with Gasteiger partial charge in [0.15, 0.2) is 0 Å². The summed E-state index contributed by atoms with van der Waals surface area (Å²) in [5.74, 6) is -0.473. The number of hydrogen-bond acceptors (Lipinski definition) is 4. The molecule has 0 aliphatic heterocycles. The van der Waals surface area contributed by atoms with E-state index in [-0.39, 0.29) is 31.7 Å². The van der Waals surface area contributed by atoms with Crippen molar-refractivity contribution in [3.8, 4) is 5.75 Å². The number of halogens is 1. The standard InChI is InChI=1S/C17H17BrO4.Li/c18-15-4-2-1-3-13(15)11-22-14-7-5-12(6-8-14)16(19)9-10-17(20)21;/h1-8,16,19H,9-11H2,(H,20,21);/q;+1/p-1. The predicted octanol–water partition coefficient (Wildman–Crippen LogP) is -0.404. The van der Waals surface area contributed by atoms with Crippen LogP contribution < -0.4 is 28.7 Å². The van der Waals surface area contributed by atoms with E-state index in [0.29, 0.717) is 17.9 Å². The molecule has 0 spiro atoms.